The first-order chi connectivity index (χ1) is 23.2. The van der Waals surface area contributed by atoms with Crippen LogP contribution in [-0.4, -0.2) is 4.57 Å². The minimum absolute atomic E-state index is 0.0400. The van der Waals surface area contributed by atoms with Gasteiger partial charge in [-0.1, -0.05) is 97.1 Å². The van der Waals surface area contributed by atoms with Crippen LogP contribution in [0.1, 0.15) is 0 Å². The Morgan fingerprint density at radius 2 is 1.06 bits per heavy atom. The van der Waals surface area contributed by atoms with Gasteiger partial charge in [0.2, 0.25) is 5.43 Å². The summed E-state index contributed by atoms with van der Waals surface area (Å²) in [5.41, 5.74) is 10.2. The van der Waals surface area contributed by atoms with Gasteiger partial charge in [0.25, 0.3) is 0 Å². The van der Waals surface area contributed by atoms with E-state index in [-0.39, 0.29) is 5.43 Å². The van der Waals surface area contributed by atoms with Crippen LogP contribution in [0.15, 0.2) is 165 Å². The lowest BCUT2D eigenvalue weighted by Gasteiger charge is -2.10. The minimum Gasteiger partial charge on any atom is -0.456 e. The van der Waals surface area contributed by atoms with Crippen LogP contribution in [0.5, 0.6) is 0 Å². The summed E-state index contributed by atoms with van der Waals surface area (Å²) in [7, 11) is 0. The van der Waals surface area contributed by atoms with Crippen molar-refractivity contribution in [2.75, 3.05) is 0 Å². The topological polar surface area (TPSA) is 48.3 Å². The van der Waals surface area contributed by atoms with E-state index in [9.17, 15) is 4.79 Å². The monoisotopic (exact) mass is 603 g/mol. The van der Waals surface area contributed by atoms with E-state index in [1.807, 2.05) is 72.8 Å². The molecule has 0 aliphatic rings. The van der Waals surface area contributed by atoms with Gasteiger partial charge in [-0.05, 0) is 70.8 Å². The van der Waals surface area contributed by atoms with Crippen molar-refractivity contribution in [3.8, 4) is 27.9 Å². The molecule has 0 unspecified atom stereocenters. The molecule has 10 rings (SSSR count). The fourth-order valence-corrected chi connectivity index (χ4v) is 7.16. The second-order valence-electron chi connectivity index (χ2n) is 12.1. The molecule has 10 aromatic rings. The summed E-state index contributed by atoms with van der Waals surface area (Å²) in [5.74, 6) is 0. The molecule has 0 aliphatic carbocycles. The fourth-order valence-electron chi connectivity index (χ4n) is 7.16. The van der Waals surface area contributed by atoms with Crippen molar-refractivity contribution < 1.29 is 8.83 Å². The Morgan fingerprint density at radius 1 is 0.404 bits per heavy atom. The first-order valence-corrected chi connectivity index (χ1v) is 15.7. The second kappa shape index (κ2) is 9.80. The molecule has 0 bridgehead atoms. The van der Waals surface area contributed by atoms with E-state index in [1.165, 1.54) is 5.56 Å². The molecule has 0 N–H and O–H groups in total. The Hall–Kier alpha value is -6.39. The predicted molar refractivity (Wildman–Crippen MR) is 192 cm³/mol. The van der Waals surface area contributed by atoms with Gasteiger partial charge in [-0.25, -0.2) is 0 Å². The molecular formula is C43H25NO3. The largest absolute Gasteiger partial charge is 0.456 e. The first kappa shape index (κ1) is 25.9. The van der Waals surface area contributed by atoms with E-state index in [2.05, 4.69) is 83.4 Å². The minimum atomic E-state index is -0.0400. The number of hydrogen-bond donors (Lipinski definition) is 0. The highest BCUT2D eigenvalue weighted by molar-refractivity contribution is 6.23. The number of rotatable bonds is 3. The van der Waals surface area contributed by atoms with Crippen molar-refractivity contribution in [1.82, 2.24) is 4.57 Å². The van der Waals surface area contributed by atoms with Crippen LogP contribution in [0.2, 0.25) is 0 Å². The van der Waals surface area contributed by atoms with Crippen LogP contribution >= 0.6 is 0 Å². The van der Waals surface area contributed by atoms with Gasteiger partial charge < -0.3 is 13.4 Å². The van der Waals surface area contributed by atoms with Gasteiger partial charge >= 0.3 is 0 Å². The van der Waals surface area contributed by atoms with Crippen molar-refractivity contribution in [1.29, 1.82) is 0 Å². The third-order valence-electron chi connectivity index (χ3n) is 9.42. The Balaban J connectivity index is 1.12. The summed E-state index contributed by atoms with van der Waals surface area (Å²) in [5, 5.41) is 5.50. The molecule has 0 aliphatic heterocycles. The molecule has 0 saturated heterocycles. The first-order valence-electron chi connectivity index (χ1n) is 15.7. The van der Waals surface area contributed by atoms with E-state index in [0.717, 1.165) is 66.1 Å². The summed E-state index contributed by atoms with van der Waals surface area (Å²) in [6.07, 6.45) is 0. The fraction of sp³-hybridized carbons (Fsp3) is 0. The van der Waals surface area contributed by atoms with Crippen molar-refractivity contribution in [3.05, 3.63) is 162 Å². The van der Waals surface area contributed by atoms with Crippen molar-refractivity contribution in [3.63, 3.8) is 0 Å². The summed E-state index contributed by atoms with van der Waals surface area (Å²) in [4.78, 5) is 13.9. The van der Waals surface area contributed by atoms with E-state index in [0.29, 0.717) is 21.9 Å². The lowest BCUT2D eigenvalue weighted by molar-refractivity contribution is 0.659. The zero-order valence-corrected chi connectivity index (χ0v) is 25.1. The molecule has 4 heteroatoms. The van der Waals surface area contributed by atoms with Gasteiger partial charge in [0.05, 0.1) is 27.2 Å². The number of aromatic nitrogens is 1. The van der Waals surface area contributed by atoms with Crippen molar-refractivity contribution >= 4 is 65.7 Å². The second-order valence-corrected chi connectivity index (χ2v) is 12.1. The normalized spacial score (nSPS) is 11.9. The third-order valence-corrected chi connectivity index (χ3v) is 9.42. The maximum atomic E-state index is 13.9. The number of fused-ring (bicyclic) bond motifs is 9. The lowest BCUT2D eigenvalue weighted by Crippen LogP contribution is -2.03. The highest BCUT2D eigenvalue weighted by Gasteiger charge is 2.19. The number of furan rings is 1. The average Bonchev–Trinajstić information content (AvgIpc) is 3.68. The van der Waals surface area contributed by atoms with Crippen LogP contribution in [0.3, 0.4) is 0 Å². The van der Waals surface area contributed by atoms with Gasteiger partial charge in [-0.3, -0.25) is 4.79 Å². The Morgan fingerprint density at radius 3 is 1.91 bits per heavy atom. The highest BCUT2D eigenvalue weighted by atomic mass is 16.3. The van der Waals surface area contributed by atoms with Crippen molar-refractivity contribution in [2.24, 2.45) is 0 Å². The van der Waals surface area contributed by atoms with Gasteiger partial charge in [-0.15, -0.1) is 0 Å². The third kappa shape index (κ3) is 3.85. The van der Waals surface area contributed by atoms with Gasteiger partial charge in [0, 0.05) is 27.9 Å². The molecule has 3 heterocycles. The SMILES string of the molecule is O=c1c2ccc(-n3c4ccccc4c4c5oc6ccccc6c5ccc43)cc2oc2ccc(-c3ccc(-c4ccccc4)cc3)cc12. The molecule has 4 nitrogen and oxygen atoms in total. The molecule has 0 atom stereocenters. The van der Waals surface area contributed by atoms with Crippen LogP contribution in [0.25, 0.3) is 93.6 Å². The molecule has 0 fully saturated rings. The van der Waals surface area contributed by atoms with E-state index < -0.39 is 0 Å². The van der Waals surface area contributed by atoms with E-state index in [4.69, 9.17) is 8.83 Å². The summed E-state index contributed by atoms with van der Waals surface area (Å²) in [6, 6.07) is 51.3. The number of benzene rings is 7. The molecule has 0 amide bonds. The highest BCUT2D eigenvalue weighted by Crippen LogP contribution is 2.40. The maximum Gasteiger partial charge on any atom is 0.200 e. The smallest absolute Gasteiger partial charge is 0.200 e. The molecule has 3 aromatic heterocycles. The Labute approximate surface area is 268 Å². The van der Waals surface area contributed by atoms with Crippen LogP contribution < -0.4 is 5.43 Å². The zero-order chi connectivity index (χ0) is 31.1. The zero-order valence-electron chi connectivity index (χ0n) is 25.1. The molecule has 0 radical (unpaired) electrons. The van der Waals surface area contributed by atoms with Crippen LogP contribution in [0.4, 0.5) is 0 Å². The number of para-hydroxylation sites is 2. The molecular weight excluding hydrogens is 578 g/mol. The van der Waals surface area contributed by atoms with Crippen LogP contribution in [-0.2, 0) is 0 Å². The Bertz CT molecular complexity index is 2910. The van der Waals surface area contributed by atoms with Gasteiger partial charge in [-0.2, -0.15) is 0 Å². The van der Waals surface area contributed by atoms with E-state index >= 15 is 0 Å². The predicted octanol–water partition coefficient (Wildman–Crippen LogP) is 11.3. The molecule has 7 aromatic carbocycles. The lowest BCUT2D eigenvalue weighted by atomic mass is 9.99. The molecule has 47 heavy (non-hydrogen) atoms. The van der Waals surface area contributed by atoms with Gasteiger partial charge in [0.15, 0.2) is 0 Å². The maximum absolute atomic E-state index is 13.9. The van der Waals surface area contributed by atoms with Crippen LogP contribution in [0, 0.1) is 0 Å². The quantitative estimate of drug-likeness (QED) is 0.189. The summed E-state index contributed by atoms with van der Waals surface area (Å²) in [6.45, 7) is 0. The summed E-state index contributed by atoms with van der Waals surface area (Å²) < 4.78 is 15.1. The summed E-state index contributed by atoms with van der Waals surface area (Å²) >= 11 is 0. The van der Waals surface area contributed by atoms with Crippen molar-refractivity contribution in [2.45, 2.75) is 0 Å². The average molecular weight is 604 g/mol. The molecule has 220 valence electrons. The number of hydrogen-bond acceptors (Lipinski definition) is 3. The van der Waals surface area contributed by atoms with Gasteiger partial charge in [0.1, 0.15) is 22.3 Å². The Kier molecular flexibility index (Phi) is 5.40. The molecule has 0 spiro atoms. The standard InChI is InChI=1S/C43H25NO3/c45-42-34-20-19-30(44-36-12-6-4-11-33(36)41-37(44)22-21-32-31-10-5-7-13-38(31)47-43(32)41)25-40(34)46-39-23-18-29(24-35(39)42)28-16-14-27(15-17-28)26-8-2-1-3-9-26/h1-25H. The molecule has 0 saturated carbocycles. The van der Waals surface area contributed by atoms with E-state index in [1.54, 1.807) is 0 Å². The number of nitrogens with zero attached hydrogens (tertiary/aromatic N) is 1.